The van der Waals surface area contributed by atoms with Crippen LogP contribution < -0.4 is 5.32 Å². The predicted molar refractivity (Wildman–Crippen MR) is 62.4 cm³/mol. The van der Waals surface area contributed by atoms with E-state index in [1.807, 2.05) is 20.8 Å². The first-order chi connectivity index (χ1) is 7.61. The smallest absolute Gasteiger partial charge is 0.303 e. The highest BCUT2D eigenvalue weighted by molar-refractivity contribution is 5.86. The number of likely N-dealkylation sites (N-methyl/N-ethyl adjacent to an activating group) is 1. The van der Waals surface area contributed by atoms with Crippen LogP contribution in [0.1, 0.15) is 33.6 Å². The molecule has 0 aromatic heterocycles. The second kappa shape index (κ2) is 6.22. The van der Waals surface area contributed by atoms with Crippen molar-refractivity contribution in [3.63, 3.8) is 0 Å². The molecule has 2 N–H and O–H groups in total. The van der Waals surface area contributed by atoms with E-state index in [2.05, 4.69) is 5.32 Å². The van der Waals surface area contributed by atoms with Crippen molar-refractivity contribution in [3.05, 3.63) is 0 Å². The van der Waals surface area contributed by atoms with Crippen LogP contribution in [0.25, 0.3) is 0 Å². The summed E-state index contributed by atoms with van der Waals surface area (Å²) in [6, 6.07) is 0. The van der Waals surface area contributed by atoms with Crippen molar-refractivity contribution in [2.45, 2.75) is 39.2 Å². The lowest BCUT2D eigenvalue weighted by molar-refractivity contribution is -0.141. The van der Waals surface area contributed by atoms with Crippen LogP contribution in [0.5, 0.6) is 0 Å². The van der Waals surface area contributed by atoms with Crippen molar-refractivity contribution in [1.29, 1.82) is 0 Å². The quantitative estimate of drug-likeness (QED) is 0.724. The third-order valence-corrected chi connectivity index (χ3v) is 1.87. The van der Waals surface area contributed by atoms with Crippen molar-refractivity contribution < 1.29 is 19.5 Å². The van der Waals surface area contributed by atoms with Gasteiger partial charge in [-0.15, -0.1) is 0 Å². The normalized spacial score (nSPS) is 10.8. The van der Waals surface area contributed by atoms with Gasteiger partial charge in [-0.25, -0.2) is 0 Å². The van der Waals surface area contributed by atoms with Crippen LogP contribution in [0.3, 0.4) is 0 Å². The van der Waals surface area contributed by atoms with Crippen molar-refractivity contribution >= 4 is 17.8 Å². The number of carboxylic acids is 1. The van der Waals surface area contributed by atoms with E-state index in [1.165, 1.54) is 11.9 Å². The fourth-order valence-electron chi connectivity index (χ4n) is 1.17. The molecule has 0 rings (SSSR count). The lowest BCUT2D eigenvalue weighted by Gasteiger charge is -2.23. The molecule has 17 heavy (non-hydrogen) atoms. The summed E-state index contributed by atoms with van der Waals surface area (Å²) in [4.78, 5) is 34.4. The Labute approximate surface area is 101 Å². The lowest BCUT2D eigenvalue weighted by atomic mass is 10.1. The van der Waals surface area contributed by atoms with Gasteiger partial charge >= 0.3 is 5.97 Å². The Kier molecular flexibility index (Phi) is 5.64. The van der Waals surface area contributed by atoms with Crippen molar-refractivity contribution in [2.75, 3.05) is 13.6 Å². The number of nitrogens with zero attached hydrogens (tertiary/aromatic N) is 1. The van der Waals surface area contributed by atoms with Gasteiger partial charge in [0, 0.05) is 19.0 Å². The van der Waals surface area contributed by atoms with Gasteiger partial charge in [-0.05, 0) is 20.8 Å². The van der Waals surface area contributed by atoms with Gasteiger partial charge in [-0.3, -0.25) is 14.4 Å². The molecule has 0 fully saturated rings. The Hall–Kier alpha value is -1.59. The summed E-state index contributed by atoms with van der Waals surface area (Å²) >= 11 is 0. The van der Waals surface area contributed by atoms with E-state index in [4.69, 9.17) is 5.11 Å². The third kappa shape index (κ3) is 8.24. The van der Waals surface area contributed by atoms with Gasteiger partial charge in [0.1, 0.15) is 0 Å². The van der Waals surface area contributed by atoms with Crippen LogP contribution in [0, 0.1) is 0 Å². The van der Waals surface area contributed by atoms with Crippen molar-refractivity contribution in [3.8, 4) is 0 Å². The van der Waals surface area contributed by atoms with Crippen molar-refractivity contribution in [1.82, 2.24) is 10.2 Å². The van der Waals surface area contributed by atoms with E-state index in [1.54, 1.807) is 0 Å². The maximum absolute atomic E-state index is 11.5. The fourth-order valence-corrected chi connectivity index (χ4v) is 1.17. The first-order valence-electron chi connectivity index (χ1n) is 5.38. The lowest BCUT2D eigenvalue weighted by Crippen LogP contribution is -2.46. The molecule has 0 saturated carbocycles. The number of carbonyl (C=O) groups excluding carboxylic acids is 2. The number of rotatable bonds is 5. The number of carboxylic acid groups (broad SMARTS) is 1. The average molecular weight is 244 g/mol. The largest absolute Gasteiger partial charge is 0.481 e. The van der Waals surface area contributed by atoms with Crippen molar-refractivity contribution in [2.24, 2.45) is 0 Å². The van der Waals surface area contributed by atoms with Crippen LogP contribution in [0.15, 0.2) is 0 Å². The summed E-state index contributed by atoms with van der Waals surface area (Å²) in [5, 5.41) is 11.1. The van der Waals surface area contributed by atoms with Gasteiger partial charge in [0.15, 0.2) is 0 Å². The molecule has 0 aromatic rings. The van der Waals surface area contributed by atoms with Crippen LogP contribution in [-0.4, -0.2) is 46.9 Å². The molecule has 0 radical (unpaired) electrons. The molecule has 0 aliphatic rings. The maximum atomic E-state index is 11.5. The molecule has 0 heterocycles. The number of carbonyl (C=O) groups is 3. The second-order valence-corrected chi connectivity index (χ2v) is 4.94. The summed E-state index contributed by atoms with van der Waals surface area (Å²) in [7, 11) is 1.48. The van der Waals surface area contributed by atoms with E-state index < -0.39 is 5.97 Å². The van der Waals surface area contributed by atoms with Crippen LogP contribution >= 0.6 is 0 Å². The van der Waals surface area contributed by atoms with E-state index in [9.17, 15) is 14.4 Å². The fraction of sp³-hybridized carbons (Fsp3) is 0.727. The molecule has 0 aliphatic heterocycles. The highest BCUT2D eigenvalue weighted by Crippen LogP contribution is 2.00. The highest BCUT2D eigenvalue weighted by atomic mass is 16.4. The standard InChI is InChI=1S/C11H20N2O4/c1-11(2,3)12-8(14)7-13(4)9(15)5-6-10(16)17/h5-7H2,1-4H3,(H,12,14)(H,16,17). The molecule has 0 aliphatic carbocycles. The zero-order valence-corrected chi connectivity index (χ0v) is 10.7. The van der Waals surface area contributed by atoms with Gasteiger partial charge in [-0.1, -0.05) is 0 Å². The van der Waals surface area contributed by atoms with Gasteiger partial charge < -0.3 is 15.3 Å². The molecule has 0 saturated heterocycles. The minimum absolute atomic E-state index is 0.0598. The summed E-state index contributed by atoms with van der Waals surface area (Å²) in [5.41, 5.74) is -0.345. The molecule has 0 unspecified atom stereocenters. The molecule has 2 amide bonds. The number of hydrogen-bond acceptors (Lipinski definition) is 3. The van der Waals surface area contributed by atoms with Gasteiger partial charge in [0.05, 0.1) is 13.0 Å². The van der Waals surface area contributed by atoms with Crippen LogP contribution in [0.2, 0.25) is 0 Å². The SMILES string of the molecule is CN(CC(=O)NC(C)(C)C)C(=O)CCC(=O)O. The molecule has 0 spiro atoms. The average Bonchev–Trinajstić information content (AvgIpc) is 2.10. The van der Waals surface area contributed by atoms with E-state index in [0.29, 0.717) is 0 Å². The molecular formula is C11H20N2O4. The summed E-state index contributed by atoms with van der Waals surface area (Å²) in [6.45, 7) is 5.47. The van der Waals surface area contributed by atoms with E-state index in [-0.39, 0.29) is 36.7 Å². The van der Waals surface area contributed by atoms with Gasteiger partial charge in [0.25, 0.3) is 0 Å². The predicted octanol–water partition coefficient (Wildman–Crippen LogP) is 0.224. The monoisotopic (exact) mass is 244 g/mol. The summed E-state index contributed by atoms with van der Waals surface area (Å²) < 4.78 is 0. The molecule has 98 valence electrons. The van der Waals surface area contributed by atoms with E-state index in [0.717, 1.165) is 0 Å². The second-order valence-electron chi connectivity index (χ2n) is 4.94. The Balaban J connectivity index is 4.08. The topological polar surface area (TPSA) is 86.7 Å². The molecule has 0 aromatic carbocycles. The maximum Gasteiger partial charge on any atom is 0.303 e. The zero-order valence-electron chi connectivity index (χ0n) is 10.7. The number of aliphatic carboxylic acids is 1. The van der Waals surface area contributed by atoms with Crippen LogP contribution in [-0.2, 0) is 14.4 Å². The van der Waals surface area contributed by atoms with E-state index >= 15 is 0 Å². The first kappa shape index (κ1) is 15.4. The Morgan fingerprint density at radius 3 is 2.12 bits per heavy atom. The minimum Gasteiger partial charge on any atom is -0.481 e. The molecular weight excluding hydrogens is 224 g/mol. The summed E-state index contributed by atoms with van der Waals surface area (Å²) in [6.07, 6.45) is -0.307. The zero-order chi connectivity index (χ0) is 13.6. The molecule has 0 atom stereocenters. The van der Waals surface area contributed by atoms with Gasteiger partial charge in [0.2, 0.25) is 11.8 Å². The Bertz CT molecular complexity index is 307. The molecule has 0 bridgehead atoms. The molecule has 6 nitrogen and oxygen atoms in total. The Morgan fingerprint density at radius 1 is 1.18 bits per heavy atom. The Morgan fingerprint density at radius 2 is 1.71 bits per heavy atom. The number of amides is 2. The third-order valence-electron chi connectivity index (χ3n) is 1.87. The minimum atomic E-state index is -1.02. The summed E-state index contributed by atoms with van der Waals surface area (Å²) in [5.74, 6) is -1.63. The van der Waals surface area contributed by atoms with Gasteiger partial charge in [-0.2, -0.15) is 0 Å². The first-order valence-corrected chi connectivity index (χ1v) is 5.38. The number of nitrogens with one attached hydrogen (secondary N) is 1. The number of hydrogen-bond donors (Lipinski definition) is 2. The van der Waals surface area contributed by atoms with Crippen LogP contribution in [0.4, 0.5) is 0 Å². The highest BCUT2D eigenvalue weighted by Gasteiger charge is 2.17. The molecule has 6 heteroatoms.